The predicted octanol–water partition coefficient (Wildman–Crippen LogP) is -0.464. The van der Waals surface area contributed by atoms with Crippen LogP contribution in [0.2, 0.25) is 0 Å². The Kier molecular flexibility index (Phi) is 2.58. The van der Waals surface area contributed by atoms with Gasteiger partial charge in [-0.3, -0.25) is 0 Å². The minimum atomic E-state index is -0.204. The second-order valence-electron chi connectivity index (χ2n) is 2.23. The van der Waals surface area contributed by atoms with Crippen molar-refractivity contribution in [1.29, 1.82) is 0 Å². The molecule has 0 aromatic carbocycles. The highest BCUT2D eigenvalue weighted by molar-refractivity contribution is 9.10. The summed E-state index contributed by atoms with van der Waals surface area (Å²) in [6, 6.07) is -0.204. The normalized spacial score (nSPS) is 13.5. The van der Waals surface area contributed by atoms with Gasteiger partial charge in [-0.25, -0.2) is 4.68 Å². The molecule has 0 radical (unpaired) electrons. The van der Waals surface area contributed by atoms with Crippen LogP contribution in [0.1, 0.15) is 11.7 Å². The molecule has 0 saturated heterocycles. The Morgan fingerprint density at radius 1 is 1.73 bits per heavy atom. The van der Waals surface area contributed by atoms with Gasteiger partial charge >= 0.3 is 0 Å². The summed E-state index contributed by atoms with van der Waals surface area (Å²) in [6.45, 7) is 0.389. The molecule has 5 nitrogen and oxygen atoms in total. The maximum Gasteiger partial charge on any atom is 0.153 e. The third-order valence-electron chi connectivity index (χ3n) is 1.43. The van der Waals surface area contributed by atoms with Gasteiger partial charge in [0.25, 0.3) is 0 Å². The van der Waals surface area contributed by atoms with Crippen LogP contribution >= 0.6 is 15.9 Å². The number of aryl methyl sites for hydroxylation is 1. The van der Waals surface area contributed by atoms with Gasteiger partial charge < -0.3 is 11.5 Å². The summed E-state index contributed by atoms with van der Waals surface area (Å²) in [4.78, 5) is 0. The van der Waals surface area contributed by atoms with E-state index in [1.165, 1.54) is 0 Å². The Morgan fingerprint density at radius 3 is 2.73 bits per heavy atom. The number of nitrogens with zero attached hydrogens (tertiary/aromatic N) is 3. The predicted molar refractivity (Wildman–Crippen MR) is 44.7 cm³/mol. The number of aromatic nitrogens is 3. The lowest BCUT2D eigenvalue weighted by atomic mass is 10.2. The first kappa shape index (κ1) is 8.63. The maximum absolute atomic E-state index is 5.68. The largest absolute Gasteiger partial charge is 0.329 e. The molecule has 1 heterocycles. The molecule has 62 valence electrons. The Hall–Kier alpha value is -0.460. The summed E-state index contributed by atoms with van der Waals surface area (Å²) in [7, 11) is 1.78. The summed E-state index contributed by atoms with van der Waals surface area (Å²) in [5.41, 5.74) is 11.9. The molecule has 0 saturated carbocycles. The van der Waals surface area contributed by atoms with E-state index >= 15 is 0 Å². The van der Waals surface area contributed by atoms with Gasteiger partial charge in [-0.1, -0.05) is 5.21 Å². The molecule has 1 atom stereocenters. The third kappa shape index (κ3) is 1.58. The van der Waals surface area contributed by atoms with Crippen molar-refractivity contribution in [3.63, 3.8) is 0 Å². The zero-order valence-corrected chi connectivity index (χ0v) is 7.74. The van der Waals surface area contributed by atoms with E-state index < -0.39 is 0 Å². The van der Waals surface area contributed by atoms with Crippen LogP contribution in [0.15, 0.2) is 4.60 Å². The molecule has 1 rings (SSSR count). The molecular formula is C5H10BrN5. The molecule has 0 aliphatic rings. The third-order valence-corrected chi connectivity index (χ3v) is 2.00. The first-order valence-electron chi connectivity index (χ1n) is 3.17. The fourth-order valence-electron chi connectivity index (χ4n) is 0.844. The monoisotopic (exact) mass is 219 g/mol. The Bertz CT molecular complexity index is 226. The van der Waals surface area contributed by atoms with E-state index in [2.05, 4.69) is 26.2 Å². The fourth-order valence-corrected chi connectivity index (χ4v) is 1.47. The van der Waals surface area contributed by atoms with Crippen molar-refractivity contribution < 1.29 is 0 Å². The quantitative estimate of drug-likeness (QED) is 0.706. The van der Waals surface area contributed by atoms with Gasteiger partial charge in [0.2, 0.25) is 0 Å². The van der Waals surface area contributed by atoms with Gasteiger partial charge in [-0.2, -0.15) is 0 Å². The first-order valence-corrected chi connectivity index (χ1v) is 3.96. The van der Waals surface area contributed by atoms with E-state index in [9.17, 15) is 0 Å². The number of hydrogen-bond acceptors (Lipinski definition) is 4. The fraction of sp³-hybridized carbons (Fsp3) is 0.600. The lowest BCUT2D eigenvalue weighted by Crippen LogP contribution is -2.23. The van der Waals surface area contributed by atoms with Gasteiger partial charge in [0.15, 0.2) is 4.60 Å². The molecule has 0 aliphatic heterocycles. The molecular weight excluding hydrogens is 210 g/mol. The molecule has 4 N–H and O–H groups in total. The molecule has 6 heteroatoms. The first-order chi connectivity index (χ1) is 5.16. The highest BCUT2D eigenvalue weighted by Crippen LogP contribution is 2.16. The van der Waals surface area contributed by atoms with Gasteiger partial charge in [-0.05, 0) is 15.9 Å². The molecule has 1 aromatic rings. The van der Waals surface area contributed by atoms with E-state index in [0.717, 1.165) is 5.69 Å². The molecule has 1 aromatic heterocycles. The second kappa shape index (κ2) is 3.29. The van der Waals surface area contributed by atoms with Gasteiger partial charge in [-0.15, -0.1) is 5.10 Å². The minimum Gasteiger partial charge on any atom is -0.329 e. The molecule has 0 spiro atoms. The van der Waals surface area contributed by atoms with Crippen molar-refractivity contribution in [2.24, 2.45) is 18.5 Å². The molecule has 0 bridgehead atoms. The average Bonchev–Trinajstić information content (AvgIpc) is 2.30. The van der Waals surface area contributed by atoms with E-state index in [-0.39, 0.29) is 6.04 Å². The van der Waals surface area contributed by atoms with Crippen molar-refractivity contribution >= 4 is 15.9 Å². The molecule has 0 amide bonds. The second-order valence-corrected chi connectivity index (χ2v) is 2.98. The summed E-state index contributed by atoms with van der Waals surface area (Å²) in [6.07, 6.45) is 0. The topological polar surface area (TPSA) is 82.8 Å². The standard InChI is InChI=1S/C5H10BrN5/c1-11-4(3(8)2-7)5(6)9-10-11/h3H,2,7-8H2,1H3. The van der Waals surface area contributed by atoms with E-state index in [1.807, 2.05) is 0 Å². The van der Waals surface area contributed by atoms with Crippen LogP contribution in [0.25, 0.3) is 0 Å². The molecule has 0 fully saturated rings. The van der Waals surface area contributed by atoms with Crippen LogP contribution < -0.4 is 11.5 Å². The number of nitrogens with two attached hydrogens (primary N) is 2. The van der Waals surface area contributed by atoms with Crippen LogP contribution in [0, 0.1) is 0 Å². The summed E-state index contributed by atoms with van der Waals surface area (Å²) >= 11 is 3.23. The lowest BCUT2D eigenvalue weighted by Gasteiger charge is -2.07. The van der Waals surface area contributed by atoms with Crippen molar-refractivity contribution in [2.75, 3.05) is 6.54 Å². The van der Waals surface area contributed by atoms with Crippen molar-refractivity contribution in [3.05, 3.63) is 10.3 Å². The van der Waals surface area contributed by atoms with Crippen LogP contribution in [-0.2, 0) is 7.05 Å². The summed E-state index contributed by atoms with van der Waals surface area (Å²) in [5, 5.41) is 7.55. The van der Waals surface area contributed by atoms with E-state index in [4.69, 9.17) is 11.5 Å². The van der Waals surface area contributed by atoms with Crippen LogP contribution in [0.3, 0.4) is 0 Å². The highest BCUT2D eigenvalue weighted by atomic mass is 79.9. The van der Waals surface area contributed by atoms with E-state index in [0.29, 0.717) is 11.1 Å². The van der Waals surface area contributed by atoms with Crippen LogP contribution in [0.4, 0.5) is 0 Å². The lowest BCUT2D eigenvalue weighted by molar-refractivity contribution is 0.614. The van der Waals surface area contributed by atoms with Crippen molar-refractivity contribution in [1.82, 2.24) is 15.0 Å². The highest BCUT2D eigenvalue weighted by Gasteiger charge is 2.13. The Labute approximate surface area is 72.9 Å². The summed E-state index contributed by atoms with van der Waals surface area (Å²) < 4.78 is 2.28. The Balaban J connectivity index is 3.00. The smallest absolute Gasteiger partial charge is 0.153 e. The van der Waals surface area contributed by atoms with Crippen molar-refractivity contribution in [2.45, 2.75) is 6.04 Å². The van der Waals surface area contributed by atoms with Gasteiger partial charge in [0.1, 0.15) is 0 Å². The number of halogens is 1. The van der Waals surface area contributed by atoms with Crippen LogP contribution in [0.5, 0.6) is 0 Å². The number of rotatable bonds is 2. The zero-order chi connectivity index (χ0) is 8.43. The zero-order valence-electron chi connectivity index (χ0n) is 6.16. The van der Waals surface area contributed by atoms with Gasteiger partial charge in [0.05, 0.1) is 11.7 Å². The molecule has 0 aliphatic carbocycles. The molecule has 11 heavy (non-hydrogen) atoms. The maximum atomic E-state index is 5.68. The van der Waals surface area contributed by atoms with Crippen molar-refractivity contribution in [3.8, 4) is 0 Å². The van der Waals surface area contributed by atoms with Crippen LogP contribution in [-0.4, -0.2) is 21.5 Å². The van der Waals surface area contributed by atoms with Gasteiger partial charge in [0, 0.05) is 13.6 Å². The SMILES string of the molecule is Cn1nnc(Br)c1C(N)CN. The van der Waals surface area contributed by atoms with E-state index in [1.54, 1.807) is 11.7 Å². The minimum absolute atomic E-state index is 0.204. The average molecular weight is 220 g/mol. The summed E-state index contributed by atoms with van der Waals surface area (Å²) in [5.74, 6) is 0. The molecule has 1 unspecified atom stereocenters. The number of hydrogen-bond donors (Lipinski definition) is 2. The Morgan fingerprint density at radius 2 is 2.36 bits per heavy atom.